The molecule has 0 fully saturated rings. The molecule has 0 saturated carbocycles. The molecule has 17 heteroatoms. The standard InChI is InChI=1S/C21H15ClF4N8O4/c1-9(12-5-11(23)7-28-16(12)22)38-20(36)30-17-15(32-33-34(17)2)13-4-3-10(6-27-13)18(35)31-19-29-14(8-37-19)21(24,25)26/h3-9H,1-2H3,(H,30,36)(H,29,31,35)/t9-/m1/s1. The molecule has 1 atom stereocenters. The van der Waals surface area contributed by atoms with Crippen LogP contribution in [0.15, 0.2) is 41.3 Å². The van der Waals surface area contributed by atoms with Crippen molar-refractivity contribution in [1.29, 1.82) is 0 Å². The number of amides is 2. The Hall–Kier alpha value is -4.60. The number of alkyl halides is 3. The summed E-state index contributed by atoms with van der Waals surface area (Å²) in [5, 5.41) is 12.3. The Balaban J connectivity index is 1.45. The van der Waals surface area contributed by atoms with Crippen LogP contribution in [0.1, 0.15) is 34.6 Å². The van der Waals surface area contributed by atoms with E-state index in [1.54, 1.807) is 0 Å². The Kier molecular flexibility index (Phi) is 7.25. The van der Waals surface area contributed by atoms with E-state index in [1.165, 1.54) is 30.8 Å². The third-order valence-electron chi connectivity index (χ3n) is 4.89. The molecule has 2 amide bonds. The van der Waals surface area contributed by atoms with E-state index in [1.807, 2.05) is 0 Å². The number of oxazole rings is 1. The van der Waals surface area contributed by atoms with E-state index in [2.05, 4.69) is 40.3 Å². The number of nitrogens with one attached hydrogen (secondary N) is 2. The van der Waals surface area contributed by atoms with Crippen molar-refractivity contribution < 1.29 is 36.3 Å². The summed E-state index contributed by atoms with van der Waals surface area (Å²) in [5.74, 6) is -1.41. The first-order valence-electron chi connectivity index (χ1n) is 10.4. The van der Waals surface area contributed by atoms with E-state index in [0.29, 0.717) is 6.26 Å². The molecule has 0 aliphatic carbocycles. The molecule has 4 heterocycles. The fraction of sp³-hybridized carbons (Fsp3) is 0.190. The van der Waals surface area contributed by atoms with Crippen LogP contribution in [0.5, 0.6) is 0 Å². The van der Waals surface area contributed by atoms with Crippen molar-refractivity contribution in [1.82, 2.24) is 29.9 Å². The van der Waals surface area contributed by atoms with Gasteiger partial charge in [-0.3, -0.25) is 20.4 Å². The van der Waals surface area contributed by atoms with Gasteiger partial charge < -0.3 is 9.15 Å². The van der Waals surface area contributed by atoms with Crippen molar-refractivity contribution in [3.63, 3.8) is 0 Å². The number of anilines is 2. The van der Waals surface area contributed by atoms with Crippen LogP contribution in [-0.2, 0) is 18.0 Å². The summed E-state index contributed by atoms with van der Waals surface area (Å²) in [5.41, 5.74) is -0.886. The topological polar surface area (TPSA) is 150 Å². The monoisotopic (exact) mass is 554 g/mol. The molecule has 0 unspecified atom stereocenters. The highest BCUT2D eigenvalue weighted by molar-refractivity contribution is 6.30. The normalized spacial score (nSPS) is 12.2. The molecule has 0 aliphatic rings. The van der Waals surface area contributed by atoms with Gasteiger partial charge in [0, 0.05) is 18.8 Å². The number of aryl methyl sites for hydroxylation is 1. The van der Waals surface area contributed by atoms with Crippen molar-refractivity contribution >= 4 is 35.4 Å². The third kappa shape index (κ3) is 5.86. The Morgan fingerprint density at radius 3 is 2.61 bits per heavy atom. The van der Waals surface area contributed by atoms with Gasteiger partial charge >= 0.3 is 18.3 Å². The number of carbonyl (C=O) groups is 2. The molecule has 4 aromatic rings. The zero-order valence-corrected chi connectivity index (χ0v) is 20.0. The summed E-state index contributed by atoms with van der Waals surface area (Å²) < 4.78 is 62.5. The zero-order chi connectivity index (χ0) is 27.6. The second kappa shape index (κ2) is 10.4. The number of halogens is 5. The van der Waals surface area contributed by atoms with Gasteiger partial charge in [0.2, 0.25) is 0 Å². The lowest BCUT2D eigenvalue weighted by atomic mass is 10.2. The van der Waals surface area contributed by atoms with Gasteiger partial charge in [-0.2, -0.15) is 18.2 Å². The first-order chi connectivity index (χ1) is 17.9. The third-order valence-corrected chi connectivity index (χ3v) is 5.20. The number of ether oxygens (including phenoxy) is 1. The highest BCUT2D eigenvalue weighted by Crippen LogP contribution is 2.30. The molecule has 12 nitrogen and oxygen atoms in total. The second-order valence-electron chi connectivity index (χ2n) is 7.54. The molecule has 0 aliphatic heterocycles. The first-order valence-corrected chi connectivity index (χ1v) is 10.8. The number of rotatable bonds is 6. The number of hydrogen-bond acceptors (Lipinski definition) is 9. The van der Waals surface area contributed by atoms with Crippen molar-refractivity contribution in [3.05, 3.63) is 64.6 Å². The van der Waals surface area contributed by atoms with E-state index in [9.17, 15) is 27.2 Å². The molecule has 0 aromatic carbocycles. The fourth-order valence-corrected chi connectivity index (χ4v) is 3.30. The van der Waals surface area contributed by atoms with Crippen molar-refractivity contribution in [2.75, 3.05) is 10.6 Å². The van der Waals surface area contributed by atoms with Crippen molar-refractivity contribution in [2.45, 2.75) is 19.2 Å². The Labute approximate surface area is 215 Å². The van der Waals surface area contributed by atoms with Gasteiger partial charge in [-0.1, -0.05) is 16.8 Å². The molecular weight excluding hydrogens is 540 g/mol. The summed E-state index contributed by atoms with van der Waals surface area (Å²) in [6.07, 6.45) is -4.21. The average Bonchev–Trinajstić information content (AvgIpc) is 3.47. The molecule has 2 N–H and O–H groups in total. The fourth-order valence-electron chi connectivity index (χ4n) is 3.04. The molecule has 0 spiro atoms. The quantitative estimate of drug-likeness (QED) is 0.257. The maximum atomic E-state index is 13.5. The molecule has 4 rings (SSSR count). The number of nitrogens with zero attached hydrogens (tertiary/aromatic N) is 6. The van der Waals surface area contributed by atoms with Gasteiger partial charge in [0.1, 0.15) is 23.3 Å². The van der Waals surface area contributed by atoms with Crippen LogP contribution in [-0.4, -0.2) is 41.9 Å². The number of carbonyl (C=O) groups excluding carboxylic acids is 2. The molecule has 0 bridgehead atoms. The minimum absolute atomic E-state index is 0.0345. The van der Waals surface area contributed by atoms with Crippen LogP contribution in [0.25, 0.3) is 11.4 Å². The Morgan fingerprint density at radius 2 is 1.95 bits per heavy atom. The first kappa shape index (κ1) is 26.5. The van der Waals surface area contributed by atoms with Gasteiger partial charge in [-0.15, -0.1) is 5.10 Å². The van der Waals surface area contributed by atoms with Crippen LogP contribution >= 0.6 is 11.6 Å². The Morgan fingerprint density at radius 1 is 1.18 bits per heavy atom. The second-order valence-corrected chi connectivity index (χ2v) is 7.90. The van der Waals surface area contributed by atoms with Crippen molar-refractivity contribution in [2.24, 2.45) is 7.05 Å². The number of pyridine rings is 2. The lowest BCUT2D eigenvalue weighted by molar-refractivity contribution is -0.141. The molecule has 4 aromatic heterocycles. The summed E-state index contributed by atoms with van der Waals surface area (Å²) in [4.78, 5) is 35.7. The predicted octanol–water partition coefficient (Wildman–Crippen LogP) is 4.63. The van der Waals surface area contributed by atoms with Crippen LogP contribution in [0, 0.1) is 5.82 Å². The molecular formula is C21H15ClF4N8O4. The van der Waals surface area contributed by atoms with E-state index in [4.69, 9.17) is 16.3 Å². The van der Waals surface area contributed by atoms with Crippen LogP contribution in [0.2, 0.25) is 5.15 Å². The van der Waals surface area contributed by atoms with E-state index in [0.717, 1.165) is 18.5 Å². The lowest BCUT2D eigenvalue weighted by Crippen LogP contribution is -2.19. The van der Waals surface area contributed by atoms with Crippen molar-refractivity contribution in [3.8, 4) is 11.4 Å². The smallest absolute Gasteiger partial charge is 0.436 e. The summed E-state index contributed by atoms with van der Waals surface area (Å²) in [7, 11) is 1.48. The van der Waals surface area contributed by atoms with E-state index < -0.39 is 41.8 Å². The summed E-state index contributed by atoms with van der Waals surface area (Å²) in [6, 6.07) is 3.12. The summed E-state index contributed by atoms with van der Waals surface area (Å²) in [6.45, 7) is 1.47. The molecule has 198 valence electrons. The highest BCUT2D eigenvalue weighted by Gasteiger charge is 2.35. The van der Waals surface area contributed by atoms with Gasteiger partial charge in [-0.05, 0) is 25.1 Å². The molecule has 38 heavy (non-hydrogen) atoms. The maximum Gasteiger partial charge on any atom is 0.436 e. The van der Waals surface area contributed by atoms with E-state index >= 15 is 0 Å². The van der Waals surface area contributed by atoms with Crippen LogP contribution < -0.4 is 10.6 Å². The maximum absolute atomic E-state index is 13.5. The molecule has 0 saturated heterocycles. The molecule has 0 radical (unpaired) electrons. The predicted molar refractivity (Wildman–Crippen MR) is 121 cm³/mol. The van der Waals surface area contributed by atoms with Gasteiger partial charge in [0.25, 0.3) is 5.91 Å². The van der Waals surface area contributed by atoms with Crippen LogP contribution in [0.3, 0.4) is 0 Å². The highest BCUT2D eigenvalue weighted by atomic mass is 35.5. The number of hydrogen-bond donors (Lipinski definition) is 2. The minimum atomic E-state index is -4.73. The SMILES string of the molecule is C[C@@H](OC(=O)Nc1c(-c2ccc(C(=O)Nc3nc(C(F)(F)F)co3)cn2)nnn1C)c1cc(F)cnc1Cl. The Bertz CT molecular complexity index is 1490. The zero-order valence-electron chi connectivity index (χ0n) is 19.2. The lowest BCUT2D eigenvalue weighted by Gasteiger charge is -2.15. The van der Waals surface area contributed by atoms with Crippen LogP contribution in [0.4, 0.5) is 34.2 Å². The van der Waals surface area contributed by atoms with Gasteiger partial charge in [0.05, 0.1) is 17.5 Å². The summed E-state index contributed by atoms with van der Waals surface area (Å²) >= 11 is 5.94. The van der Waals surface area contributed by atoms with Gasteiger partial charge in [0.15, 0.2) is 17.2 Å². The largest absolute Gasteiger partial charge is 0.441 e. The van der Waals surface area contributed by atoms with Gasteiger partial charge in [-0.25, -0.2) is 18.9 Å². The minimum Gasteiger partial charge on any atom is -0.441 e. The average molecular weight is 555 g/mol. The number of aromatic nitrogens is 6. The van der Waals surface area contributed by atoms with E-state index in [-0.39, 0.29) is 33.5 Å².